The molecule has 10 heteroatoms. The van der Waals surface area contributed by atoms with Crippen LogP contribution in [0.5, 0.6) is 0 Å². The van der Waals surface area contributed by atoms with Crippen LogP contribution in [-0.2, 0) is 28.9 Å². The second kappa shape index (κ2) is 13.3. The van der Waals surface area contributed by atoms with E-state index in [-0.39, 0.29) is 45.5 Å². The number of carbonyl (C=O) groups is 3. The van der Waals surface area contributed by atoms with Crippen molar-refractivity contribution in [2.24, 2.45) is 39.9 Å². The summed E-state index contributed by atoms with van der Waals surface area (Å²) in [6, 6.07) is 5.82. The van der Waals surface area contributed by atoms with Crippen molar-refractivity contribution in [3.63, 3.8) is 0 Å². The van der Waals surface area contributed by atoms with E-state index in [1.165, 1.54) is 31.2 Å². The molecule has 10 atom stereocenters. The molecule has 0 unspecified atom stereocenters. The average molecular weight is 699 g/mol. The summed E-state index contributed by atoms with van der Waals surface area (Å²) in [7, 11) is -3.38. The zero-order chi connectivity index (χ0) is 36.3. The van der Waals surface area contributed by atoms with Crippen molar-refractivity contribution >= 4 is 27.7 Å². The van der Waals surface area contributed by atoms with Crippen LogP contribution in [0.3, 0.4) is 0 Å². The fraction of sp³-hybridized carbons (Fsp3) is 0.667. The van der Waals surface area contributed by atoms with Gasteiger partial charge in [0.1, 0.15) is 12.2 Å². The fourth-order valence-corrected chi connectivity index (χ4v) is 11.6. The Labute approximate surface area is 291 Å². The highest BCUT2D eigenvalue weighted by Gasteiger charge is 2.71. The molecule has 4 saturated carbocycles. The number of rotatable bonds is 8. The van der Waals surface area contributed by atoms with Crippen LogP contribution < -0.4 is 0 Å². The Bertz CT molecular complexity index is 1650. The summed E-state index contributed by atoms with van der Waals surface area (Å²) in [4.78, 5) is 38.5. The molecule has 0 aliphatic heterocycles. The monoisotopic (exact) mass is 698 g/mol. The lowest BCUT2D eigenvalue weighted by Crippen LogP contribution is -2.65. The Morgan fingerprint density at radius 2 is 1.63 bits per heavy atom. The molecule has 0 aromatic heterocycles. The number of benzene rings is 1. The van der Waals surface area contributed by atoms with E-state index in [0.717, 1.165) is 31.1 Å². The van der Waals surface area contributed by atoms with Crippen LogP contribution in [0.25, 0.3) is 0 Å². The van der Waals surface area contributed by atoms with Gasteiger partial charge in [0.15, 0.2) is 9.84 Å². The quantitative estimate of drug-likeness (QED) is 0.168. The molecular weight excluding hydrogens is 644 g/mol. The van der Waals surface area contributed by atoms with Crippen LogP contribution in [-0.4, -0.2) is 61.1 Å². The Hall–Kier alpha value is -2.98. The van der Waals surface area contributed by atoms with E-state index >= 15 is 0 Å². The van der Waals surface area contributed by atoms with Crippen molar-refractivity contribution in [1.29, 1.82) is 0 Å². The van der Waals surface area contributed by atoms with E-state index in [1.54, 1.807) is 0 Å². The van der Waals surface area contributed by atoms with Crippen molar-refractivity contribution in [2.45, 2.75) is 123 Å². The highest BCUT2D eigenvalue weighted by molar-refractivity contribution is 7.90. The Morgan fingerprint density at radius 1 is 0.980 bits per heavy atom. The van der Waals surface area contributed by atoms with E-state index in [9.17, 15) is 33.0 Å². The molecule has 5 rings (SSSR count). The number of aliphatic carboxylic acids is 1. The van der Waals surface area contributed by atoms with Crippen LogP contribution in [0.2, 0.25) is 0 Å². The minimum absolute atomic E-state index is 0.0294. The first kappa shape index (κ1) is 37.3. The van der Waals surface area contributed by atoms with E-state index < -0.39 is 45.4 Å². The molecule has 1 aromatic rings. The summed E-state index contributed by atoms with van der Waals surface area (Å²) in [5, 5.41) is 22.7. The lowest BCUT2D eigenvalue weighted by atomic mass is 9.36. The molecule has 0 saturated heterocycles. The number of allylic oxidation sites excluding steroid dienone is 2. The highest BCUT2D eigenvalue weighted by Crippen LogP contribution is 2.74. The molecule has 49 heavy (non-hydrogen) atoms. The van der Waals surface area contributed by atoms with Crippen LogP contribution in [0.1, 0.15) is 110 Å². The molecule has 2 N–H and O–H groups in total. The summed E-state index contributed by atoms with van der Waals surface area (Å²) >= 11 is 0. The number of aliphatic hydroxyl groups excluding tert-OH is 1. The lowest BCUT2D eigenvalue weighted by molar-refractivity contribution is -0.234. The fourth-order valence-electron chi connectivity index (χ4n) is 11.0. The number of hydrogen-bond acceptors (Lipinski definition) is 8. The Balaban J connectivity index is 1.44. The van der Waals surface area contributed by atoms with Crippen LogP contribution in [0.4, 0.5) is 0 Å². The van der Waals surface area contributed by atoms with Gasteiger partial charge in [-0.2, -0.15) is 0 Å². The molecule has 0 bridgehead atoms. The Morgan fingerprint density at radius 3 is 2.20 bits per heavy atom. The number of carbonyl (C=O) groups excluding carboxylic acids is 2. The SMILES string of the molecule is CC(=O)O[C@H]1C[C@@]2(C)[C@@H](C[C@@H](O)[C@H]3[C@@]4(C)CC[C@@H](OC(=O)c5ccc(S(C)(=O)=O)cc5)[C@@H](C)[C@@H]4CC[C@@]32C)/C1=C(\CCC=C(C)C)C(=O)O. The van der Waals surface area contributed by atoms with Gasteiger partial charge in [0.05, 0.1) is 16.6 Å². The van der Waals surface area contributed by atoms with Crippen molar-refractivity contribution in [3.05, 3.63) is 52.6 Å². The molecule has 0 amide bonds. The minimum atomic E-state index is -3.38. The number of ether oxygens (including phenoxy) is 2. The third-order valence-corrected chi connectivity index (χ3v) is 14.4. The van der Waals surface area contributed by atoms with Crippen molar-refractivity contribution in [1.82, 2.24) is 0 Å². The van der Waals surface area contributed by atoms with Gasteiger partial charge in [0.2, 0.25) is 0 Å². The van der Waals surface area contributed by atoms with Crippen molar-refractivity contribution < 1.29 is 42.5 Å². The van der Waals surface area contributed by atoms with Crippen LogP contribution >= 0.6 is 0 Å². The number of carboxylic acids is 1. The van der Waals surface area contributed by atoms with Crippen LogP contribution in [0, 0.1) is 39.9 Å². The normalized spacial score (nSPS) is 37.9. The van der Waals surface area contributed by atoms with E-state index in [2.05, 4.69) is 27.7 Å². The van der Waals surface area contributed by atoms with Gasteiger partial charge in [-0.1, -0.05) is 39.3 Å². The molecule has 0 spiro atoms. The highest BCUT2D eigenvalue weighted by atomic mass is 32.2. The summed E-state index contributed by atoms with van der Waals surface area (Å²) in [5.41, 5.74) is 1.34. The second-order valence-electron chi connectivity index (χ2n) is 16.3. The molecular formula is C39H54O9S. The maximum atomic E-state index is 13.2. The summed E-state index contributed by atoms with van der Waals surface area (Å²) < 4.78 is 35.8. The standard InChI is InChI=1S/C39H54O9S/c1-22(2)10-9-11-27(35(42)43)33-29-20-30(41)34-37(5)18-17-31(48-36(44)25-12-14-26(15-13-25)49(8,45)46)23(3)28(37)16-19-38(34,6)39(29,7)21-32(33)47-24(4)40/h10,12-15,23,28-32,34,41H,9,11,16-21H2,1-8H3,(H,42,43)/b33-27-/t23-,28-,29-,30+,31+,32-,34-,37-,38-,39-/m0/s1. The maximum Gasteiger partial charge on any atom is 0.338 e. The summed E-state index contributed by atoms with van der Waals surface area (Å²) in [6.45, 7) is 14.2. The lowest BCUT2D eigenvalue weighted by Gasteiger charge is -2.69. The number of hydrogen-bond donors (Lipinski definition) is 2. The van der Waals surface area contributed by atoms with Crippen molar-refractivity contribution in [2.75, 3.05) is 6.26 Å². The van der Waals surface area contributed by atoms with Gasteiger partial charge in [-0.3, -0.25) is 4.79 Å². The van der Waals surface area contributed by atoms with Gasteiger partial charge in [-0.05, 0) is 135 Å². The van der Waals surface area contributed by atoms with Gasteiger partial charge < -0.3 is 19.7 Å². The topological polar surface area (TPSA) is 144 Å². The number of sulfone groups is 1. The van der Waals surface area contributed by atoms with Gasteiger partial charge in [-0.25, -0.2) is 18.0 Å². The van der Waals surface area contributed by atoms with Crippen LogP contribution in [0.15, 0.2) is 52.0 Å². The second-order valence-corrected chi connectivity index (χ2v) is 18.3. The number of aliphatic hydroxyl groups is 1. The first-order valence-corrected chi connectivity index (χ1v) is 19.6. The van der Waals surface area contributed by atoms with E-state index in [0.29, 0.717) is 48.8 Å². The van der Waals surface area contributed by atoms with Crippen molar-refractivity contribution in [3.8, 4) is 0 Å². The molecule has 1 aromatic carbocycles. The smallest absolute Gasteiger partial charge is 0.338 e. The molecule has 270 valence electrons. The predicted octanol–water partition coefficient (Wildman–Crippen LogP) is 6.93. The summed E-state index contributed by atoms with van der Waals surface area (Å²) in [5.74, 6) is -2.03. The number of carboxylic acid groups (broad SMARTS) is 1. The van der Waals surface area contributed by atoms with E-state index in [4.69, 9.17) is 9.47 Å². The minimum Gasteiger partial charge on any atom is -0.478 e. The molecule has 0 radical (unpaired) electrons. The predicted molar refractivity (Wildman–Crippen MR) is 185 cm³/mol. The average Bonchev–Trinajstić information content (AvgIpc) is 3.27. The van der Waals surface area contributed by atoms with Gasteiger partial charge in [0, 0.05) is 18.8 Å². The molecule has 0 heterocycles. The zero-order valence-electron chi connectivity index (χ0n) is 30.2. The zero-order valence-corrected chi connectivity index (χ0v) is 31.1. The molecule has 4 aliphatic carbocycles. The third-order valence-electron chi connectivity index (χ3n) is 13.3. The maximum absolute atomic E-state index is 13.2. The van der Waals surface area contributed by atoms with E-state index in [1.807, 2.05) is 19.9 Å². The first-order valence-electron chi connectivity index (χ1n) is 17.7. The van der Waals surface area contributed by atoms with Gasteiger partial charge in [0.25, 0.3) is 0 Å². The molecule has 9 nitrogen and oxygen atoms in total. The van der Waals surface area contributed by atoms with Gasteiger partial charge in [-0.15, -0.1) is 0 Å². The largest absolute Gasteiger partial charge is 0.478 e. The third kappa shape index (κ3) is 6.52. The molecule has 4 fully saturated rings. The Kier molecular flexibility index (Phi) is 10.1. The molecule has 4 aliphatic rings. The number of esters is 2. The first-order chi connectivity index (χ1) is 22.7. The summed E-state index contributed by atoms with van der Waals surface area (Å²) in [6.07, 6.45) is 6.37. The van der Waals surface area contributed by atoms with Gasteiger partial charge >= 0.3 is 17.9 Å². The number of fused-ring (bicyclic) bond motifs is 5.